The van der Waals surface area contributed by atoms with Gasteiger partial charge in [0.15, 0.2) is 5.78 Å². The van der Waals surface area contributed by atoms with Gasteiger partial charge in [0.1, 0.15) is 5.75 Å². The molecule has 0 aliphatic carbocycles. The number of phenols is 1. The highest BCUT2D eigenvalue weighted by molar-refractivity contribution is 6.32. The number of piperidine rings is 1. The number of rotatable bonds is 6. The first-order valence-corrected chi connectivity index (χ1v) is 11.6. The van der Waals surface area contributed by atoms with Gasteiger partial charge in [-0.1, -0.05) is 30.7 Å². The first kappa shape index (κ1) is 22.6. The maximum atomic E-state index is 12.8. The van der Waals surface area contributed by atoms with E-state index < -0.39 is 0 Å². The summed E-state index contributed by atoms with van der Waals surface area (Å²) in [6.45, 7) is 4.85. The molecule has 0 amide bonds. The Bertz CT molecular complexity index is 1140. The van der Waals surface area contributed by atoms with E-state index >= 15 is 0 Å². The highest BCUT2D eigenvalue weighted by atomic mass is 35.5. The van der Waals surface area contributed by atoms with E-state index in [2.05, 4.69) is 34.9 Å². The lowest BCUT2D eigenvalue weighted by atomic mass is 9.93. The Labute approximate surface area is 194 Å². The molecule has 0 spiro atoms. The van der Waals surface area contributed by atoms with Crippen molar-refractivity contribution in [3.05, 3.63) is 53.2 Å². The number of aromatic hydroxyl groups is 1. The summed E-state index contributed by atoms with van der Waals surface area (Å²) in [6.07, 6.45) is 4.40. The molecule has 168 valence electrons. The van der Waals surface area contributed by atoms with E-state index in [1.807, 2.05) is 25.1 Å². The Hall–Kier alpha value is -2.63. The van der Waals surface area contributed by atoms with Crippen LogP contribution in [0.25, 0.3) is 22.0 Å². The van der Waals surface area contributed by atoms with Gasteiger partial charge in [-0.15, -0.1) is 0 Å². The molecule has 1 N–H and O–H groups in total. The molecule has 0 atom stereocenters. The van der Waals surface area contributed by atoms with Crippen molar-refractivity contribution < 1.29 is 9.90 Å². The molecule has 1 aliphatic rings. The monoisotopic (exact) mass is 451 g/mol. The third kappa shape index (κ3) is 4.59. The number of ketones is 1. The zero-order valence-corrected chi connectivity index (χ0v) is 19.7. The van der Waals surface area contributed by atoms with Gasteiger partial charge >= 0.3 is 0 Å². The molecule has 4 rings (SSSR count). The molecule has 0 radical (unpaired) electrons. The van der Waals surface area contributed by atoms with E-state index in [9.17, 15) is 9.90 Å². The van der Waals surface area contributed by atoms with E-state index in [-0.39, 0.29) is 11.5 Å². The smallest absolute Gasteiger partial charge is 0.166 e. The minimum atomic E-state index is 0.0648. The number of carbonyl (C=O) groups is 1. The fourth-order valence-electron chi connectivity index (χ4n) is 4.64. The van der Waals surface area contributed by atoms with Gasteiger partial charge in [0, 0.05) is 37.6 Å². The normalized spacial score (nSPS) is 15.0. The number of phenolic OH excluding ortho intramolecular Hbond substituents is 1. The van der Waals surface area contributed by atoms with Crippen molar-refractivity contribution in [3.63, 3.8) is 0 Å². The predicted molar refractivity (Wildman–Crippen MR) is 132 cm³/mol. The number of nitrogens with zero attached hydrogens (tertiary/aromatic N) is 3. The van der Waals surface area contributed by atoms with E-state index in [1.165, 1.54) is 0 Å². The third-order valence-corrected chi connectivity index (χ3v) is 6.60. The van der Waals surface area contributed by atoms with Crippen molar-refractivity contribution in [2.45, 2.75) is 26.2 Å². The number of fused-ring (bicyclic) bond motifs is 1. The fraction of sp³-hybridized carbons (Fsp3) is 0.385. The Morgan fingerprint density at radius 1 is 1.16 bits per heavy atom. The van der Waals surface area contributed by atoms with Crippen molar-refractivity contribution in [1.82, 2.24) is 9.88 Å². The molecule has 2 aromatic carbocycles. The number of aromatic nitrogens is 1. The van der Waals surface area contributed by atoms with Gasteiger partial charge in [-0.25, -0.2) is 0 Å². The molecule has 1 aliphatic heterocycles. The minimum absolute atomic E-state index is 0.0648. The molecule has 0 bridgehead atoms. The van der Waals surface area contributed by atoms with Crippen molar-refractivity contribution >= 4 is 34.0 Å². The van der Waals surface area contributed by atoms with Crippen LogP contribution in [0.2, 0.25) is 5.02 Å². The van der Waals surface area contributed by atoms with Crippen molar-refractivity contribution in [2.75, 3.05) is 38.6 Å². The van der Waals surface area contributed by atoms with Crippen molar-refractivity contribution in [2.24, 2.45) is 5.92 Å². The van der Waals surface area contributed by atoms with Gasteiger partial charge in [0.2, 0.25) is 0 Å². The number of halogens is 1. The number of pyridine rings is 1. The third-order valence-electron chi connectivity index (χ3n) is 6.30. The number of Topliss-reactive ketones (excluding diaryl/α,β-unsaturated/α-hetero) is 1. The van der Waals surface area contributed by atoms with E-state index in [4.69, 9.17) is 11.6 Å². The lowest BCUT2D eigenvalue weighted by molar-refractivity contribution is 0.0988. The zero-order valence-electron chi connectivity index (χ0n) is 18.9. The Balaban J connectivity index is 1.79. The lowest BCUT2D eigenvalue weighted by Crippen LogP contribution is -2.38. The molecule has 32 heavy (non-hydrogen) atoms. The van der Waals surface area contributed by atoms with Crippen molar-refractivity contribution in [3.8, 4) is 16.9 Å². The average Bonchev–Trinajstić information content (AvgIpc) is 2.79. The maximum absolute atomic E-state index is 12.8. The van der Waals surface area contributed by atoms with Gasteiger partial charge in [-0.3, -0.25) is 9.78 Å². The van der Waals surface area contributed by atoms with Gasteiger partial charge in [-0.2, -0.15) is 0 Å². The molecule has 6 heteroatoms. The summed E-state index contributed by atoms with van der Waals surface area (Å²) in [4.78, 5) is 22.1. The standard InChI is InChI=1S/C26H30ClN3O2/c1-4-24(31)21-15-28-23-7-5-18(19-6-8-25(32)22(27)14-19)13-20(23)26(21)30-11-9-17(10-12-30)16-29(2)3/h5-8,13-15,17,32H,4,9-12,16H2,1-3H3. The van der Waals surface area contributed by atoms with Crippen LogP contribution in [-0.4, -0.2) is 54.5 Å². The Kier molecular flexibility index (Phi) is 6.68. The van der Waals surface area contributed by atoms with Crippen LogP contribution < -0.4 is 4.90 Å². The largest absolute Gasteiger partial charge is 0.506 e. The topological polar surface area (TPSA) is 56.7 Å². The van der Waals surface area contributed by atoms with Crippen LogP contribution >= 0.6 is 11.6 Å². The van der Waals surface area contributed by atoms with E-state index in [0.717, 1.165) is 60.2 Å². The van der Waals surface area contributed by atoms with Crippen LogP contribution in [0.5, 0.6) is 5.75 Å². The number of hydrogen-bond donors (Lipinski definition) is 1. The molecule has 1 saturated heterocycles. The van der Waals surface area contributed by atoms with Gasteiger partial charge in [0.05, 0.1) is 21.8 Å². The average molecular weight is 452 g/mol. The van der Waals surface area contributed by atoms with Crippen LogP contribution in [0.15, 0.2) is 42.6 Å². The molecule has 2 heterocycles. The number of carbonyl (C=O) groups excluding carboxylic acids is 1. The van der Waals surface area contributed by atoms with Gasteiger partial charge in [0.25, 0.3) is 0 Å². The number of anilines is 1. The van der Waals surface area contributed by atoms with E-state index in [0.29, 0.717) is 22.9 Å². The van der Waals surface area contributed by atoms with Crippen LogP contribution in [0.3, 0.4) is 0 Å². The summed E-state index contributed by atoms with van der Waals surface area (Å²) in [5.41, 5.74) is 4.46. The zero-order chi connectivity index (χ0) is 22.8. The molecule has 0 unspecified atom stereocenters. The summed E-state index contributed by atoms with van der Waals surface area (Å²) < 4.78 is 0. The van der Waals surface area contributed by atoms with Gasteiger partial charge in [-0.05, 0) is 68.2 Å². The van der Waals surface area contributed by atoms with Crippen molar-refractivity contribution in [1.29, 1.82) is 0 Å². The second-order valence-corrected chi connectivity index (χ2v) is 9.30. The Morgan fingerprint density at radius 2 is 1.84 bits per heavy atom. The summed E-state index contributed by atoms with van der Waals surface area (Å²) in [5, 5.41) is 11.1. The lowest BCUT2D eigenvalue weighted by Gasteiger charge is -2.36. The molecular formula is C26H30ClN3O2. The molecular weight excluding hydrogens is 422 g/mol. The van der Waals surface area contributed by atoms with Gasteiger partial charge < -0.3 is 14.9 Å². The molecule has 0 saturated carbocycles. The summed E-state index contributed by atoms with van der Waals surface area (Å²) in [7, 11) is 4.25. The van der Waals surface area contributed by atoms with Crippen LogP contribution in [0.1, 0.15) is 36.5 Å². The maximum Gasteiger partial charge on any atom is 0.166 e. The predicted octanol–water partition coefficient (Wildman–Crippen LogP) is 5.63. The number of hydrogen-bond acceptors (Lipinski definition) is 5. The SMILES string of the molecule is CCC(=O)c1cnc2ccc(-c3ccc(O)c(Cl)c3)cc2c1N1CCC(CN(C)C)CC1. The van der Waals surface area contributed by atoms with Crippen LogP contribution in [0.4, 0.5) is 5.69 Å². The molecule has 1 aromatic heterocycles. The molecule has 3 aromatic rings. The summed E-state index contributed by atoms with van der Waals surface area (Å²) >= 11 is 6.15. The first-order chi connectivity index (χ1) is 15.4. The molecule has 1 fully saturated rings. The summed E-state index contributed by atoms with van der Waals surface area (Å²) in [5.74, 6) is 0.854. The second-order valence-electron chi connectivity index (χ2n) is 8.89. The molecule has 5 nitrogen and oxygen atoms in total. The fourth-order valence-corrected chi connectivity index (χ4v) is 4.82. The second kappa shape index (κ2) is 9.47. The summed E-state index contributed by atoms with van der Waals surface area (Å²) in [6, 6.07) is 11.3. The quantitative estimate of drug-likeness (QED) is 0.492. The van der Waals surface area contributed by atoms with Crippen LogP contribution in [-0.2, 0) is 0 Å². The minimum Gasteiger partial charge on any atom is -0.506 e. The first-order valence-electron chi connectivity index (χ1n) is 11.2. The highest BCUT2D eigenvalue weighted by Crippen LogP contribution is 2.37. The Morgan fingerprint density at radius 3 is 2.50 bits per heavy atom. The number of benzene rings is 2. The highest BCUT2D eigenvalue weighted by Gasteiger charge is 2.25. The van der Waals surface area contributed by atoms with Crippen LogP contribution in [0, 0.1) is 5.92 Å². The van der Waals surface area contributed by atoms with E-state index in [1.54, 1.807) is 18.3 Å².